The Kier molecular flexibility index (Phi) is 6.40. The molecule has 0 aliphatic rings. The van der Waals surface area contributed by atoms with Gasteiger partial charge in [-0.05, 0) is 43.2 Å². The lowest BCUT2D eigenvalue weighted by Crippen LogP contribution is -2.26. The number of amides is 1. The molecule has 0 bridgehead atoms. The van der Waals surface area contributed by atoms with Crippen molar-refractivity contribution in [2.75, 3.05) is 12.3 Å². The number of fused-ring (bicyclic) bond motifs is 1. The number of nitrogens with one attached hydrogen (secondary N) is 1. The van der Waals surface area contributed by atoms with Gasteiger partial charge < -0.3 is 5.32 Å². The Morgan fingerprint density at radius 1 is 1.15 bits per heavy atom. The summed E-state index contributed by atoms with van der Waals surface area (Å²) in [6.07, 6.45) is 2.02. The van der Waals surface area contributed by atoms with Crippen LogP contribution < -0.4 is 5.32 Å². The van der Waals surface area contributed by atoms with Crippen LogP contribution >= 0.6 is 11.8 Å². The lowest BCUT2D eigenvalue weighted by atomic mass is 10.1. The fourth-order valence-corrected chi connectivity index (χ4v) is 3.54. The van der Waals surface area contributed by atoms with Crippen molar-refractivity contribution >= 4 is 28.6 Å². The molecule has 2 aromatic carbocycles. The molecule has 0 radical (unpaired) electrons. The molecule has 3 rings (SSSR count). The predicted octanol–water partition coefficient (Wildman–Crippen LogP) is 4.75. The second-order valence-electron chi connectivity index (χ2n) is 6.32. The Morgan fingerprint density at radius 3 is 2.67 bits per heavy atom. The summed E-state index contributed by atoms with van der Waals surface area (Å²) in [7, 11) is 0. The number of benzene rings is 2. The van der Waals surface area contributed by atoms with Crippen LogP contribution in [0.2, 0.25) is 0 Å². The van der Waals surface area contributed by atoms with E-state index in [4.69, 9.17) is 0 Å². The van der Waals surface area contributed by atoms with Crippen LogP contribution in [-0.4, -0.2) is 28.2 Å². The van der Waals surface area contributed by atoms with Gasteiger partial charge in [0.15, 0.2) is 5.82 Å². The van der Waals surface area contributed by atoms with Gasteiger partial charge in [-0.15, -0.1) is 0 Å². The Balaban J connectivity index is 1.91. The van der Waals surface area contributed by atoms with Crippen molar-refractivity contribution in [2.24, 2.45) is 0 Å². The number of nitrogens with zero attached hydrogens (tertiary/aromatic N) is 2. The highest BCUT2D eigenvalue weighted by atomic mass is 32.2. The van der Waals surface area contributed by atoms with Gasteiger partial charge in [0.2, 0.25) is 5.91 Å². The lowest BCUT2D eigenvalue weighted by molar-refractivity contribution is -0.118. The molecular weight excluding hydrogens is 361 g/mol. The van der Waals surface area contributed by atoms with Gasteiger partial charge in [0.05, 0.1) is 11.3 Å². The van der Waals surface area contributed by atoms with Crippen molar-refractivity contribution in [3.8, 4) is 11.4 Å². The Bertz CT molecular complexity index is 944. The van der Waals surface area contributed by atoms with Crippen LogP contribution in [-0.2, 0) is 4.79 Å². The maximum atomic E-state index is 13.2. The third-order valence-corrected chi connectivity index (χ3v) is 5.18. The van der Waals surface area contributed by atoms with Crippen molar-refractivity contribution in [2.45, 2.75) is 31.7 Å². The first-order valence-corrected chi connectivity index (χ1v) is 10.00. The highest BCUT2D eigenvalue weighted by Gasteiger charge is 2.13. The fraction of sp³-hybridized carbons (Fsp3) is 0.286. The first-order valence-electron chi connectivity index (χ1n) is 9.01. The summed E-state index contributed by atoms with van der Waals surface area (Å²) in [6, 6.07) is 12.1. The maximum Gasteiger partial charge on any atom is 0.230 e. The lowest BCUT2D eigenvalue weighted by Gasteiger charge is -2.10. The zero-order chi connectivity index (χ0) is 19.2. The van der Waals surface area contributed by atoms with Gasteiger partial charge >= 0.3 is 0 Å². The molecule has 0 atom stereocenters. The third-order valence-electron chi connectivity index (χ3n) is 4.19. The summed E-state index contributed by atoms with van der Waals surface area (Å²) < 4.78 is 13.2. The second kappa shape index (κ2) is 8.95. The first kappa shape index (κ1) is 19.3. The Labute approximate surface area is 162 Å². The number of unbranched alkanes of at least 4 members (excludes halogenated alkanes) is 1. The molecule has 0 fully saturated rings. The van der Waals surface area contributed by atoms with Crippen molar-refractivity contribution in [3.63, 3.8) is 0 Å². The summed E-state index contributed by atoms with van der Waals surface area (Å²) >= 11 is 1.40. The number of para-hydroxylation sites is 1. The largest absolute Gasteiger partial charge is 0.355 e. The van der Waals surface area contributed by atoms with Crippen molar-refractivity contribution < 1.29 is 9.18 Å². The second-order valence-corrected chi connectivity index (χ2v) is 7.29. The molecule has 6 heteroatoms. The Hall–Kier alpha value is -2.47. The van der Waals surface area contributed by atoms with Gasteiger partial charge in [-0.3, -0.25) is 4.79 Å². The topological polar surface area (TPSA) is 54.9 Å². The third kappa shape index (κ3) is 4.83. The minimum atomic E-state index is -0.297. The smallest absolute Gasteiger partial charge is 0.230 e. The predicted molar refractivity (Wildman–Crippen MR) is 108 cm³/mol. The number of carbonyl (C=O) groups is 1. The monoisotopic (exact) mass is 383 g/mol. The molecule has 0 saturated carbocycles. The van der Waals surface area contributed by atoms with E-state index in [9.17, 15) is 9.18 Å². The molecule has 0 saturated heterocycles. The highest BCUT2D eigenvalue weighted by molar-refractivity contribution is 8.00. The van der Waals surface area contributed by atoms with E-state index >= 15 is 0 Å². The summed E-state index contributed by atoms with van der Waals surface area (Å²) in [4.78, 5) is 21.4. The number of aromatic nitrogens is 2. The quantitative estimate of drug-likeness (QED) is 0.363. The number of thioether (sulfide) groups is 1. The molecule has 3 aromatic rings. The fourth-order valence-electron chi connectivity index (χ4n) is 2.69. The highest BCUT2D eigenvalue weighted by Crippen LogP contribution is 2.30. The maximum absolute atomic E-state index is 13.2. The van der Waals surface area contributed by atoms with E-state index in [0.717, 1.165) is 39.9 Å². The van der Waals surface area contributed by atoms with Crippen LogP contribution in [0.15, 0.2) is 47.5 Å². The van der Waals surface area contributed by atoms with Gasteiger partial charge in [-0.25, -0.2) is 14.4 Å². The molecule has 0 spiro atoms. The number of hydrogen-bond acceptors (Lipinski definition) is 4. The van der Waals surface area contributed by atoms with E-state index in [-0.39, 0.29) is 11.7 Å². The van der Waals surface area contributed by atoms with Gasteiger partial charge in [0, 0.05) is 17.5 Å². The normalized spacial score (nSPS) is 10.9. The van der Waals surface area contributed by atoms with Crippen LogP contribution in [0.4, 0.5) is 4.39 Å². The van der Waals surface area contributed by atoms with Crippen molar-refractivity contribution in [3.05, 3.63) is 53.8 Å². The molecule has 1 heterocycles. The van der Waals surface area contributed by atoms with Crippen LogP contribution in [0.1, 0.15) is 25.3 Å². The molecule has 0 unspecified atom stereocenters. The van der Waals surface area contributed by atoms with E-state index in [1.54, 1.807) is 12.1 Å². The first-order chi connectivity index (χ1) is 13.1. The van der Waals surface area contributed by atoms with Gasteiger partial charge in [0.25, 0.3) is 0 Å². The standard InChI is InChI=1S/C21H22FN3OS/c1-3-4-12-23-18(26)13-27-21-17-7-5-6-14(2)19(17)24-20(25-21)15-8-10-16(22)11-9-15/h5-11H,3-4,12-13H2,1-2H3,(H,23,26). The van der Waals surface area contributed by atoms with Crippen LogP contribution in [0.3, 0.4) is 0 Å². The molecular formula is C21H22FN3OS. The summed E-state index contributed by atoms with van der Waals surface area (Å²) in [6.45, 7) is 4.78. The molecule has 0 aliphatic heterocycles. The number of hydrogen-bond donors (Lipinski definition) is 1. The summed E-state index contributed by atoms with van der Waals surface area (Å²) in [5.74, 6) is 0.531. The molecule has 0 aliphatic carbocycles. The number of aryl methyl sites for hydroxylation is 1. The van der Waals surface area contributed by atoms with Gasteiger partial charge in [-0.2, -0.15) is 0 Å². The molecule has 1 N–H and O–H groups in total. The average Bonchev–Trinajstić information content (AvgIpc) is 2.67. The van der Waals surface area contributed by atoms with E-state index in [0.29, 0.717) is 18.1 Å². The van der Waals surface area contributed by atoms with E-state index in [1.165, 1.54) is 23.9 Å². The number of rotatable bonds is 7. The number of halogens is 1. The van der Waals surface area contributed by atoms with E-state index in [2.05, 4.69) is 22.2 Å². The zero-order valence-electron chi connectivity index (χ0n) is 15.5. The van der Waals surface area contributed by atoms with Gasteiger partial charge in [-0.1, -0.05) is 43.3 Å². The van der Waals surface area contributed by atoms with Crippen molar-refractivity contribution in [1.29, 1.82) is 0 Å². The SMILES string of the molecule is CCCCNC(=O)CSc1nc(-c2ccc(F)cc2)nc2c(C)cccc12. The summed E-state index contributed by atoms with van der Waals surface area (Å²) in [5.41, 5.74) is 2.63. The molecule has 4 nitrogen and oxygen atoms in total. The van der Waals surface area contributed by atoms with E-state index in [1.807, 2.05) is 25.1 Å². The molecule has 1 amide bonds. The van der Waals surface area contributed by atoms with E-state index < -0.39 is 0 Å². The molecule has 1 aromatic heterocycles. The minimum absolute atomic E-state index is 0.00352. The van der Waals surface area contributed by atoms with Crippen molar-refractivity contribution in [1.82, 2.24) is 15.3 Å². The summed E-state index contributed by atoms with van der Waals surface area (Å²) in [5, 5.41) is 4.60. The number of carbonyl (C=O) groups excluding carboxylic acids is 1. The van der Waals surface area contributed by atoms with Crippen LogP contribution in [0, 0.1) is 12.7 Å². The molecule has 140 valence electrons. The van der Waals surface area contributed by atoms with Crippen LogP contribution in [0.25, 0.3) is 22.3 Å². The molecule has 27 heavy (non-hydrogen) atoms. The van der Waals surface area contributed by atoms with Crippen LogP contribution in [0.5, 0.6) is 0 Å². The zero-order valence-corrected chi connectivity index (χ0v) is 16.3. The average molecular weight is 383 g/mol. The van der Waals surface area contributed by atoms with Gasteiger partial charge in [0.1, 0.15) is 10.8 Å². The minimum Gasteiger partial charge on any atom is -0.355 e. The Morgan fingerprint density at radius 2 is 1.93 bits per heavy atom.